The Labute approximate surface area is 84.3 Å². The number of nitrogens with one attached hydrogen (secondary N) is 1. The average Bonchev–Trinajstić information content (AvgIpc) is 2.53. The summed E-state index contributed by atoms with van der Waals surface area (Å²) in [6.07, 6.45) is 1.90. The number of benzene rings is 1. The lowest BCUT2D eigenvalue weighted by molar-refractivity contribution is 0.0925. The summed E-state index contributed by atoms with van der Waals surface area (Å²) in [5, 5.41) is 3.09. The van der Waals surface area contributed by atoms with E-state index < -0.39 is 0 Å². The molecule has 0 fully saturated rings. The molecule has 74 valence electrons. The van der Waals surface area contributed by atoms with Crippen LogP contribution in [0.1, 0.15) is 42.6 Å². The van der Waals surface area contributed by atoms with Crippen LogP contribution in [-0.4, -0.2) is 5.91 Å². The quantitative estimate of drug-likeness (QED) is 0.760. The molecule has 0 bridgehead atoms. The summed E-state index contributed by atoms with van der Waals surface area (Å²) in [6.45, 7) is 4.23. The van der Waals surface area contributed by atoms with E-state index in [1.165, 1.54) is 0 Å². The topological polar surface area (TPSA) is 29.1 Å². The first-order valence-corrected chi connectivity index (χ1v) is 5.15. The van der Waals surface area contributed by atoms with Crippen LogP contribution in [0.25, 0.3) is 0 Å². The zero-order chi connectivity index (χ0) is 10.2. The molecule has 1 aliphatic rings. The summed E-state index contributed by atoms with van der Waals surface area (Å²) >= 11 is 0. The fourth-order valence-electron chi connectivity index (χ4n) is 2.26. The van der Waals surface area contributed by atoms with Crippen LogP contribution >= 0.6 is 0 Å². The van der Waals surface area contributed by atoms with E-state index in [2.05, 4.69) is 25.2 Å². The van der Waals surface area contributed by atoms with Crippen molar-refractivity contribution in [2.24, 2.45) is 0 Å². The van der Waals surface area contributed by atoms with Crippen molar-refractivity contribution in [3.8, 4) is 0 Å². The van der Waals surface area contributed by atoms with Crippen LogP contribution < -0.4 is 5.32 Å². The van der Waals surface area contributed by atoms with Gasteiger partial charge in [0.05, 0.1) is 5.54 Å². The Morgan fingerprint density at radius 1 is 1.21 bits per heavy atom. The molecule has 1 aromatic rings. The van der Waals surface area contributed by atoms with Crippen LogP contribution in [-0.2, 0) is 5.54 Å². The Hall–Kier alpha value is -1.31. The summed E-state index contributed by atoms with van der Waals surface area (Å²) < 4.78 is 0. The highest BCUT2D eigenvalue weighted by molar-refractivity contribution is 5.99. The Morgan fingerprint density at radius 3 is 2.50 bits per heavy atom. The SMILES string of the molecule is CCC1(CC)NC(=O)c2ccccc21. The molecule has 1 heterocycles. The van der Waals surface area contributed by atoms with Gasteiger partial charge in [-0.2, -0.15) is 0 Å². The molecular formula is C12H15NO. The summed E-state index contributed by atoms with van der Waals surface area (Å²) in [5.74, 6) is 0.0734. The Balaban J connectivity index is 2.58. The standard InChI is InChI=1S/C12H15NO/c1-3-12(4-2)10-8-6-5-7-9(10)11(14)13-12/h5-8H,3-4H2,1-2H3,(H,13,14). The van der Waals surface area contributed by atoms with Crippen molar-refractivity contribution in [3.63, 3.8) is 0 Å². The number of hydrogen-bond donors (Lipinski definition) is 1. The van der Waals surface area contributed by atoms with E-state index in [4.69, 9.17) is 0 Å². The maximum absolute atomic E-state index is 11.7. The molecule has 1 amide bonds. The van der Waals surface area contributed by atoms with E-state index in [-0.39, 0.29) is 11.4 Å². The predicted octanol–water partition coefficient (Wildman–Crippen LogP) is 2.45. The van der Waals surface area contributed by atoms with Crippen molar-refractivity contribution < 1.29 is 4.79 Å². The number of hydrogen-bond acceptors (Lipinski definition) is 1. The third-order valence-corrected chi connectivity index (χ3v) is 3.25. The minimum Gasteiger partial charge on any atom is -0.343 e. The van der Waals surface area contributed by atoms with Crippen molar-refractivity contribution >= 4 is 5.91 Å². The number of rotatable bonds is 2. The fourth-order valence-corrected chi connectivity index (χ4v) is 2.26. The molecule has 2 nitrogen and oxygen atoms in total. The molecule has 0 unspecified atom stereocenters. The molecular weight excluding hydrogens is 174 g/mol. The van der Waals surface area contributed by atoms with Gasteiger partial charge in [-0.1, -0.05) is 32.0 Å². The molecule has 0 aromatic heterocycles. The first kappa shape index (κ1) is 9.25. The molecule has 0 radical (unpaired) electrons. The zero-order valence-electron chi connectivity index (χ0n) is 8.63. The minimum atomic E-state index is -0.117. The lowest BCUT2D eigenvalue weighted by Gasteiger charge is -2.27. The first-order valence-electron chi connectivity index (χ1n) is 5.15. The molecule has 0 saturated heterocycles. The molecule has 0 saturated carbocycles. The van der Waals surface area contributed by atoms with E-state index in [0.29, 0.717) is 0 Å². The third-order valence-electron chi connectivity index (χ3n) is 3.25. The second-order valence-corrected chi connectivity index (χ2v) is 3.79. The van der Waals surface area contributed by atoms with Gasteiger partial charge in [0.2, 0.25) is 0 Å². The number of fused-ring (bicyclic) bond motifs is 1. The van der Waals surface area contributed by atoms with Crippen molar-refractivity contribution in [3.05, 3.63) is 35.4 Å². The number of carbonyl (C=O) groups is 1. The maximum Gasteiger partial charge on any atom is 0.252 e. The van der Waals surface area contributed by atoms with Crippen molar-refractivity contribution in [1.82, 2.24) is 5.32 Å². The highest BCUT2D eigenvalue weighted by Gasteiger charge is 2.39. The highest BCUT2D eigenvalue weighted by Crippen LogP contribution is 2.36. The largest absolute Gasteiger partial charge is 0.343 e. The van der Waals surface area contributed by atoms with Crippen LogP contribution in [0.15, 0.2) is 24.3 Å². The smallest absolute Gasteiger partial charge is 0.252 e. The van der Waals surface area contributed by atoms with Gasteiger partial charge < -0.3 is 5.32 Å². The van der Waals surface area contributed by atoms with E-state index in [0.717, 1.165) is 24.0 Å². The lowest BCUT2D eigenvalue weighted by Crippen LogP contribution is -2.37. The molecule has 0 spiro atoms. The Kier molecular flexibility index (Phi) is 2.06. The van der Waals surface area contributed by atoms with Crippen LogP contribution in [0, 0.1) is 0 Å². The van der Waals surface area contributed by atoms with E-state index >= 15 is 0 Å². The third kappa shape index (κ3) is 1.07. The van der Waals surface area contributed by atoms with Crippen molar-refractivity contribution in [1.29, 1.82) is 0 Å². The van der Waals surface area contributed by atoms with E-state index in [1.807, 2.05) is 18.2 Å². The van der Waals surface area contributed by atoms with Gasteiger partial charge in [0.15, 0.2) is 0 Å². The van der Waals surface area contributed by atoms with Gasteiger partial charge in [-0.3, -0.25) is 4.79 Å². The minimum absolute atomic E-state index is 0.0734. The number of amides is 1. The summed E-state index contributed by atoms with van der Waals surface area (Å²) in [7, 11) is 0. The van der Waals surface area contributed by atoms with Gasteiger partial charge in [-0.25, -0.2) is 0 Å². The van der Waals surface area contributed by atoms with Crippen LogP contribution in [0.2, 0.25) is 0 Å². The molecule has 2 rings (SSSR count). The fraction of sp³-hybridized carbons (Fsp3) is 0.417. The Morgan fingerprint density at radius 2 is 1.86 bits per heavy atom. The molecule has 1 N–H and O–H groups in total. The van der Waals surface area contributed by atoms with Gasteiger partial charge in [0, 0.05) is 5.56 Å². The van der Waals surface area contributed by atoms with Gasteiger partial charge >= 0.3 is 0 Å². The Bertz CT molecular complexity index is 366. The highest BCUT2D eigenvalue weighted by atomic mass is 16.2. The molecule has 1 aliphatic heterocycles. The number of carbonyl (C=O) groups excluding carboxylic acids is 1. The monoisotopic (exact) mass is 189 g/mol. The van der Waals surface area contributed by atoms with Gasteiger partial charge in [-0.05, 0) is 24.5 Å². The molecule has 0 aliphatic carbocycles. The normalized spacial score (nSPS) is 17.7. The second-order valence-electron chi connectivity index (χ2n) is 3.79. The van der Waals surface area contributed by atoms with Crippen LogP contribution in [0.4, 0.5) is 0 Å². The molecule has 1 aromatic carbocycles. The average molecular weight is 189 g/mol. The van der Waals surface area contributed by atoms with Gasteiger partial charge in [0.25, 0.3) is 5.91 Å². The molecule has 0 atom stereocenters. The van der Waals surface area contributed by atoms with Gasteiger partial charge in [-0.15, -0.1) is 0 Å². The first-order chi connectivity index (χ1) is 6.73. The lowest BCUT2D eigenvalue weighted by atomic mass is 9.86. The van der Waals surface area contributed by atoms with E-state index in [9.17, 15) is 4.79 Å². The summed E-state index contributed by atoms with van der Waals surface area (Å²) in [5.41, 5.74) is 1.89. The molecule has 14 heavy (non-hydrogen) atoms. The van der Waals surface area contributed by atoms with Crippen molar-refractivity contribution in [2.75, 3.05) is 0 Å². The summed E-state index contributed by atoms with van der Waals surface area (Å²) in [6, 6.07) is 7.87. The van der Waals surface area contributed by atoms with Crippen molar-refractivity contribution in [2.45, 2.75) is 32.2 Å². The summed E-state index contributed by atoms with van der Waals surface area (Å²) in [4.78, 5) is 11.7. The second kappa shape index (κ2) is 3.12. The molecule has 2 heteroatoms. The zero-order valence-corrected chi connectivity index (χ0v) is 8.63. The predicted molar refractivity (Wildman–Crippen MR) is 56.2 cm³/mol. The maximum atomic E-state index is 11.7. The van der Waals surface area contributed by atoms with Gasteiger partial charge in [0.1, 0.15) is 0 Å². The van der Waals surface area contributed by atoms with Crippen LogP contribution in [0.5, 0.6) is 0 Å². The van der Waals surface area contributed by atoms with Crippen LogP contribution in [0.3, 0.4) is 0 Å². The van der Waals surface area contributed by atoms with E-state index in [1.54, 1.807) is 0 Å².